The van der Waals surface area contributed by atoms with Gasteiger partial charge in [-0.05, 0) is 36.5 Å². The summed E-state index contributed by atoms with van der Waals surface area (Å²) >= 11 is 0. The van der Waals surface area contributed by atoms with Crippen molar-refractivity contribution in [1.82, 2.24) is 15.6 Å². The number of carbonyl (C=O) groups excluding carboxylic acids is 1. The van der Waals surface area contributed by atoms with E-state index in [9.17, 15) is 4.79 Å². The van der Waals surface area contributed by atoms with Crippen LogP contribution in [-0.4, -0.2) is 11.0 Å². The van der Waals surface area contributed by atoms with Crippen molar-refractivity contribution >= 4 is 6.03 Å². The second-order valence-corrected chi connectivity index (χ2v) is 5.37. The molecule has 3 rings (SSSR count). The van der Waals surface area contributed by atoms with E-state index in [0.29, 0.717) is 12.5 Å². The molecule has 1 aliphatic rings. The Kier molecular flexibility index (Phi) is 4.15. The number of aromatic nitrogens is 1. The van der Waals surface area contributed by atoms with Crippen LogP contribution in [0.2, 0.25) is 0 Å². The van der Waals surface area contributed by atoms with Crippen molar-refractivity contribution in [1.29, 1.82) is 0 Å². The van der Waals surface area contributed by atoms with E-state index in [4.69, 9.17) is 0 Å². The average molecular weight is 281 g/mol. The number of hydrogen-bond acceptors (Lipinski definition) is 2. The molecule has 1 unspecified atom stereocenters. The molecule has 1 heterocycles. The molecule has 0 radical (unpaired) electrons. The van der Waals surface area contributed by atoms with Crippen LogP contribution in [0.4, 0.5) is 4.79 Å². The van der Waals surface area contributed by atoms with Gasteiger partial charge >= 0.3 is 6.03 Å². The largest absolute Gasteiger partial charge is 0.332 e. The van der Waals surface area contributed by atoms with Crippen LogP contribution >= 0.6 is 0 Å². The Hall–Kier alpha value is -2.36. The van der Waals surface area contributed by atoms with Crippen molar-refractivity contribution in [3.05, 3.63) is 66.0 Å². The van der Waals surface area contributed by atoms with Crippen LogP contribution in [0.5, 0.6) is 0 Å². The molecule has 0 spiro atoms. The molecular formula is C17H19N3O. The lowest BCUT2D eigenvalue weighted by atomic mass is 10.0. The quantitative estimate of drug-likeness (QED) is 0.885. The van der Waals surface area contributed by atoms with Crippen molar-refractivity contribution in [2.75, 3.05) is 0 Å². The second kappa shape index (κ2) is 6.39. The summed E-state index contributed by atoms with van der Waals surface area (Å²) in [6.45, 7) is 0.443. The smallest absolute Gasteiger partial charge is 0.315 e. The lowest BCUT2D eigenvalue weighted by Crippen LogP contribution is -2.38. The fourth-order valence-corrected chi connectivity index (χ4v) is 2.43. The third-order valence-corrected chi connectivity index (χ3v) is 3.69. The SMILES string of the molecule is O=C(NCc1ccccn1)NC(c1ccccc1)C1CC1. The average Bonchev–Trinajstić information content (AvgIpc) is 3.37. The predicted molar refractivity (Wildman–Crippen MR) is 81.5 cm³/mol. The molecule has 0 saturated heterocycles. The van der Waals surface area contributed by atoms with Gasteiger partial charge in [-0.1, -0.05) is 36.4 Å². The number of benzene rings is 1. The van der Waals surface area contributed by atoms with Crippen molar-refractivity contribution in [2.45, 2.75) is 25.4 Å². The number of nitrogens with zero attached hydrogens (tertiary/aromatic N) is 1. The number of urea groups is 1. The Bertz CT molecular complexity index is 581. The first-order chi connectivity index (χ1) is 10.3. The van der Waals surface area contributed by atoms with Crippen molar-refractivity contribution in [3.63, 3.8) is 0 Å². The highest BCUT2D eigenvalue weighted by Crippen LogP contribution is 2.40. The molecule has 21 heavy (non-hydrogen) atoms. The van der Waals surface area contributed by atoms with Gasteiger partial charge in [0.05, 0.1) is 18.3 Å². The molecule has 1 saturated carbocycles. The molecular weight excluding hydrogens is 262 g/mol. The molecule has 2 N–H and O–H groups in total. The molecule has 1 atom stereocenters. The van der Waals surface area contributed by atoms with Crippen LogP contribution in [-0.2, 0) is 6.54 Å². The maximum atomic E-state index is 12.1. The van der Waals surface area contributed by atoms with E-state index >= 15 is 0 Å². The topological polar surface area (TPSA) is 54.0 Å². The zero-order chi connectivity index (χ0) is 14.5. The Morgan fingerprint density at radius 2 is 1.90 bits per heavy atom. The van der Waals surface area contributed by atoms with E-state index in [1.165, 1.54) is 18.4 Å². The zero-order valence-corrected chi connectivity index (χ0v) is 11.8. The van der Waals surface area contributed by atoms with E-state index < -0.39 is 0 Å². The van der Waals surface area contributed by atoms with E-state index in [2.05, 4.69) is 27.8 Å². The third-order valence-electron chi connectivity index (χ3n) is 3.69. The molecule has 1 aromatic heterocycles. The highest BCUT2D eigenvalue weighted by Gasteiger charge is 2.33. The van der Waals surface area contributed by atoms with Crippen molar-refractivity contribution in [3.8, 4) is 0 Å². The minimum absolute atomic E-state index is 0.106. The first kappa shape index (κ1) is 13.6. The Balaban J connectivity index is 1.57. The lowest BCUT2D eigenvalue weighted by Gasteiger charge is -2.19. The molecule has 0 aliphatic heterocycles. The Labute approximate surface area is 124 Å². The monoisotopic (exact) mass is 281 g/mol. The normalized spacial score (nSPS) is 15.2. The molecule has 0 bridgehead atoms. The fourth-order valence-electron chi connectivity index (χ4n) is 2.43. The molecule has 1 aliphatic carbocycles. The minimum atomic E-state index is -0.138. The van der Waals surface area contributed by atoms with Crippen LogP contribution in [0.1, 0.15) is 30.1 Å². The van der Waals surface area contributed by atoms with Gasteiger partial charge in [-0.15, -0.1) is 0 Å². The van der Waals surface area contributed by atoms with Crippen LogP contribution in [0.3, 0.4) is 0 Å². The maximum Gasteiger partial charge on any atom is 0.315 e. The zero-order valence-electron chi connectivity index (χ0n) is 11.8. The molecule has 4 heteroatoms. The summed E-state index contributed by atoms with van der Waals surface area (Å²) in [6.07, 6.45) is 4.09. The van der Waals surface area contributed by atoms with E-state index in [0.717, 1.165) is 5.69 Å². The second-order valence-electron chi connectivity index (χ2n) is 5.37. The molecule has 1 aromatic carbocycles. The van der Waals surface area contributed by atoms with Gasteiger partial charge in [0.25, 0.3) is 0 Å². The van der Waals surface area contributed by atoms with Gasteiger partial charge in [-0.2, -0.15) is 0 Å². The predicted octanol–water partition coefficient (Wildman–Crippen LogP) is 3.03. The highest BCUT2D eigenvalue weighted by atomic mass is 16.2. The Morgan fingerprint density at radius 3 is 2.57 bits per heavy atom. The Morgan fingerprint density at radius 1 is 1.14 bits per heavy atom. The number of nitrogens with one attached hydrogen (secondary N) is 2. The van der Waals surface area contributed by atoms with Crippen LogP contribution in [0.25, 0.3) is 0 Å². The van der Waals surface area contributed by atoms with Gasteiger partial charge in [0.2, 0.25) is 0 Å². The third kappa shape index (κ3) is 3.81. The summed E-state index contributed by atoms with van der Waals surface area (Å²) in [4.78, 5) is 16.3. The molecule has 1 fully saturated rings. The minimum Gasteiger partial charge on any atom is -0.332 e. The first-order valence-electron chi connectivity index (χ1n) is 7.32. The van der Waals surface area contributed by atoms with Gasteiger partial charge in [0, 0.05) is 6.20 Å². The van der Waals surface area contributed by atoms with Gasteiger partial charge in [0.15, 0.2) is 0 Å². The van der Waals surface area contributed by atoms with Crippen molar-refractivity contribution < 1.29 is 4.79 Å². The van der Waals surface area contributed by atoms with Crippen LogP contribution < -0.4 is 10.6 Å². The number of carbonyl (C=O) groups is 1. The van der Waals surface area contributed by atoms with Crippen LogP contribution in [0, 0.1) is 5.92 Å². The summed E-state index contributed by atoms with van der Waals surface area (Å²) in [5.41, 5.74) is 2.03. The van der Waals surface area contributed by atoms with Crippen molar-refractivity contribution in [2.24, 2.45) is 5.92 Å². The maximum absolute atomic E-state index is 12.1. The van der Waals surface area contributed by atoms with E-state index in [-0.39, 0.29) is 12.1 Å². The van der Waals surface area contributed by atoms with Gasteiger partial charge in [0.1, 0.15) is 0 Å². The summed E-state index contributed by atoms with van der Waals surface area (Å²) in [5.74, 6) is 0.563. The first-order valence-corrected chi connectivity index (χ1v) is 7.32. The molecule has 2 amide bonds. The lowest BCUT2D eigenvalue weighted by molar-refractivity contribution is 0.235. The number of pyridine rings is 1. The van der Waals surface area contributed by atoms with E-state index in [1.807, 2.05) is 36.4 Å². The summed E-state index contributed by atoms with van der Waals surface area (Å²) in [7, 11) is 0. The van der Waals surface area contributed by atoms with E-state index in [1.54, 1.807) is 6.20 Å². The standard InChI is InChI=1S/C17H19N3O/c21-17(19-12-15-8-4-5-11-18-15)20-16(14-9-10-14)13-6-2-1-3-7-13/h1-8,11,14,16H,9-10,12H2,(H2,19,20,21). The number of rotatable bonds is 5. The van der Waals surface area contributed by atoms with Gasteiger partial charge in [-0.3, -0.25) is 4.98 Å². The summed E-state index contributed by atoms with van der Waals surface area (Å²) in [6, 6.07) is 15.8. The fraction of sp³-hybridized carbons (Fsp3) is 0.294. The van der Waals surface area contributed by atoms with Gasteiger partial charge in [-0.25, -0.2) is 4.79 Å². The summed E-state index contributed by atoms with van der Waals surface area (Å²) < 4.78 is 0. The van der Waals surface area contributed by atoms with Gasteiger partial charge < -0.3 is 10.6 Å². The number of amides is 2. The molecule has 4 nitrogen and oxygen atoms in total. The molecule has 2 aromatic rings. The highest BCUT2D eigenvalue weighted by molar-refractivity contribution is 5.74. The summed E-state index contributed by atoms with van der Waals surface area (Å²) in [5, 5.41) is 5.96. The number of hydrogen-bond donors (Lipinski definition) is 2. The van der Waals surface area contributed by atoms with Crippen LogP contribution in [0.15, 0.2) is 54.7 Å². The molecule has 108 valence electrons.